The normalized spacial score (nSPS) is 12.6. The molecule has 0 saturated heterocycles. The third kappa shape index (κ3) is 6.67. The van der Waals surface area contributed by atoms with Crippen LogP contribution in [0.5, 0.6) is 0 Å². The summed E-state index contributed by atoms with van der Waals surface area (Å²) >= 11 is 5.83. The molecular weight excluding hydrogens is 234 g/mol. The molecule has 0 fully saturated rings. The summed E-state index contributed by atoms with van der Waals surface area (Å²) in [7, 11) is 0. The maximum atomic E-state index is 6.05. The van der Waals surface area contributed by atoms with Gasteiger partial charge in [0.25, 0.3) is 0 Å². The van der Waals surface area contributed by atoms with E-state index in [-0.39, 0.29) is 6.04 Å². The van der Waals surface area contributed by atoms with Crippen molar-refractivity contribution in [3.63, 3.8) is 0 Å². The van der Waals surface area contributed by atoms with E-state index in [0.29, 0.717) is 0 Å². The third-order valence-corrected chi connectivity index (χ3v) is 2.94. The standard InChI is InChI=1S/C14H22ClNO/c1-2-3-9-17-10-8-14(16)11-12-4-6-13(15)7-5-12/h4-7,14H,2-3,8-11,16H2,1H3. The summed E-state index contributed by atoms with van der Waals surface area (Å²) in [5.41, 5.74) is 7.28. The lowest BCUT2D eigenvalue weighted by Gasteiger charge is -2.12. The zero-order valence-corrected chi connectivity index (χ0v) is 11.2. The van der Waals surface area contributed by atoms with E-state index in [1.807, 2.05) is 24.3 Å². The Morgan fingerprint density at radius 1 is 1.24 bits per heavy atom. The molecule has 0 aliphatic heterocycles. The number of ether oxygens (including phenoxy) is 1. The van der Waals surface area contributed by atoms with Gasteiger partial charge in [0.15, 0.2) is 0 Å². The minimum atomic E-state index is 0.165. The number of nitrogens with two attached hydrogens (primary N) is 1. The number of hydrogen-bond donors (Lipinski definition) is 1. The quantitative estimate of drug-likeness (QED) is 0.723. The molecule has 1 rings (SSSR count). The largest absolute Gasteiger partial charge is 0.381 e. The van der Waals surface area contributed by atoms with Crippen LogP contribution >= 0.6 is 11.6 Å². The van der Waals surface area contributed by atoms with Crippen LogP contribution in [0.1, 0.15) is 31.7 Å². The molecule has 96 valence electrons. The molecule has 0 aliphatic rings. The average molecular weight is 256 g/mol. The van der Waals surface area contributed by atoms with Crippen molar-refractivity contribution in [1.29, 1.82) is 0 Å². The first-order valence-electron chi connectivity index (χ1n) is 6.30. The Balaban J connectivity index is 2.16. The van der Waals surface area contributed by atoms with Crippen molar-refractivity contribution < 1.29 is 4.74 Å². The average Bonchev–Trinajstić information content (AvgIpc) is 2.32. The number of benzene rings is 1. The zero-order valence-electron chi connectivity index (χ0n) is 10.5. The van der Waals surface area contributed by atoms with Gasteiger partial charge < -0.3 is 10.5 Å². The molecule has 2 nitrogen and oxygen atoms in total. The van der Waals surface area contributed by atoms with E-state index in [0.717, 1.165) is 37.5 Å². The summed E-state index contributed by atoms with van der Waals surface area (Å²) in [5, 5.41) is 0.769. The van der Waals surface area contributed by atoms with Crippen molar-refractivity contribution in [3.8, 4) is 0 Å². The van der Waals surface area contributed by atoms with Crippen molar-refractivity contribution in [2.24, 2.45) is 5.73 Å². The summed E-state index contributed by atoms with van der Waals surface area (Å²) in [6.07, 6.45) is 4.10. The Hall–Kier alpha value is -0.570. The minimum absolute atomic E-state index is 0.165. The summed E-state index contributed by atoms with van der Waals surface area (Å²) < 4.78 is 5.50. The highest BCUT2D eigenvalue weighted by Gasteiger charge is 2.04. The molecule has 2 N–H and O–H groups in total. The Morgan fingerprint density at radius 3 is 2.59 bits per heavy atom. The summed E-state index contributed by atoms with van der Waals surface area (Å²) in [6, 6.07) is 8.03. The van der Waals surface area contributed by atoms with E-state index in [4.69, 9.17) is 22.1 Å². The van der Waals surface area contributed by atoms with Crippen molar-refractivity contribution in [3.05, 3.63) is 34.9 Å². The first-order chi connectivity index (χ1) is 8.22. The van der Waals surface area contributed by atoms with Gasteiger partial charge in [-0.05, 0) is 37.0 Å². The van der Waals surface area contributed by atoms with Gasteiger partial charge >= 0.3 is 0 Å². The second-order valence-corrected chi connectivity index (χ2v) is 4.78. The van der Waals surface area contributed by atoms with Gasteiger partial charge in [-0.1, -0.05) is 37.1 Å². The van der Waals surface area contributed by atoms with E-state index in [9.17, 15) is 0 Å². The molecule has 17 heavy (non-hydrogen) atoms. The van der Waals surface area contributed by atoms with Crippen LogP contribution in [-0.4, -0.2) is 19.3 Å². The molecule has 0 saturated carbocycles. The van der Waals surface area contributed by atoms with E-state index in [1.54, 1.807) is 0 Å². The first-order valence-corrected chi connectivity index (χ1v) is 6.68. The van der Waals surface area contributed by atoms with Gasteiger partial charge in [-0.15, -0.1) is 0 Å². The second kappa shape index (κ2) is 8.51. The van der Waals surface area contributed by atoms with Gasteiger partial charge in [-0.3, -0.25) is 0 Å². The van der Waals surface area contributed by atoms with Gasteiger partial charge in [0.1, 0.15) is 0 Å². The van der Waals surface area contributed by atoms with Crippen LogP contribution in [0.4, 0.5) is 0 Å². The van der Waals surface area contributed by atoms with E-state index >= 15 is 0 Å². The topological polar surface area (TPSA) is 35.2 Å². The van der Waals surface area contributed by atoms with Crippen molar-refractivity contribution in [2.45, 2.75) is 38.6 Å². The Bertz CT molecular complexity index is 300. The SMILES string of the molecule is CCCCOCCC(N)Cc1ccc(Cl)cc1. The Labute approximate surface area is 109 Å². The fraction of sp³-hybridized carbons (Fsp3) is 0.571. The van der Waals surface area contributed by atoms with Crippen LogP contribution in [0.3, 0.4) is 0 Å². The van der Waals surface area contributed by atoms with Crippen LogP contribution in [0.2, 0.25) is 5.02 Å². The zero-order chi connectivity index (χ0) is 12.5. The molecular formula is C14H22ClNO. The van der Waals surface area contributed by atoms with Crippen LogP contribution in [-0.2, 0) is 11.2 Å². The molecule has 1 unspecified atom stereocenters. The van der Waals surface area contributed by atoms with Gasteiger partial charge in [0.05, 0.1) is 0 Å². The molecule has 0 spiro atoms. The maximum Gasteiger partial charge on any atom is 0.0480 e. The van der Waals surface area contributed by atoms with Crippen LogP contribution in [0.25, 0.3) is 0 Å². The van der Waals surface area contributed by atoms with E-state index < -0.39 is 0 Å². The number of hydrogen-bond acceptors (Lipinski definition) is 2. The smallest absolute Gasteiger partial charge is 0.0480 e. The van der Waals surface area contributed by atoms with Crippen LogP contribution < -0.4 is 5.73 Å². The third-order valence-electron chi connectivity index (χ3n) is 2.69. The molecule has 1 aromatic rings. The summed E-state index contributed by atoms with van der Waals surface area (Å²) in [5.74, 6) is 0. The second-order valence-electron chi connectivity index (χ2n) is 4.35. The van der Waals surface area contributed by atoms with Crippen molar-refractivity contribution in [2.75, 3.05) is 13.2 Å². The van der Waals surface area contributed by atoms with E-state index in [2.05, 4.69) is 6.92 Å². The first kappa shape index (κ1) is 14.5. The van der Waals surface area contributed by atoms with Gasteiger partial charge in [0.2, 0.25) is 0 Å². The lowest BCUT2D eigenvalue weighted by molar-refractivity contribution is 0.124. The highest BCUT2D eigenvalue weighted by Crippen LogP contribution is 2.11. The predicted octanol–water partition coefficient (Wildman–Crippen LogP) is 3.42. The summed E-state index contributed by atoms with van der Waals surface area (Å²) in [6.45, 7) is 3.77. The van der Waals surface area contributed by atoms with Crippen LogP contribution in [0, 0.1) is 0 Å². The van der Waals surface area contributed by atoms with Gasteiger partial charge in [-0.2, -0.15) is 0 Å². The monoisotopic (exact) mass is 255 g/mol. The Kier molecular flexibility index (Phi) is 7.25. The fourth-order valence-electron chi connectivity index (χ4n) is 1.61. The maximum absolute atomic E-state index is 6.05. The minimum Gasteiger partial charge on any atom is -0.381 e. The highest BCUT2D eigenvalue weighted by atomic mass is 35.5. The van der Waals surface area contributed by atoms with Crippen molar-refractivity contribution >= 4 is 11.6 Å². The Morgan fingerprint density at radius 2 is 1.94 bits per heavy atom. The number of halogens is 1. The number of rotatable bonds is 8. The molecule has 0 amide bonds. The lowest BCUT2D eigenvalue weighted by atomic mass is 10.0. The predicted molar refractivity (Wildman–Crippen MR) is 73.5 cm³/mol. The fourth-order valence-corrected chi connectivity index (χ4v) is 1.73. The van der Waals surface area contributed by atoms with Crippen LogP contribution in [0.15, 0.2) is 24.3 Å². The van der Waals surface area contributed by atoms with Gasteiger partial charge in [-0.25, -0.2) is 0 Å². The molecule has 1 aromatic carbocycles. The highest BCUT2D eigenvalue weighted by molar-refractivity contribution is 6.30. The molecule has 0 heterocycles. The number of unbranched alkanes of at least 4 members (excludes halogenated alkanes) is 1. The van der Waals surface area contributed by atoms with Crippen molar-refractivity contribution in [1.82, 2.24) is 0 Å². The lowest BCUT2D eigenvalue weighted by Crippen LogP contribution is -2.24. The summed E-state index contributed by atoms with van der Waals surface area (Å²) in [4.78, 5) is 0. The molecule has 0 aliphatic carbocycles. The molecule has 0 radical (unpaired) electrons. The van der Waals surface area contributed by atoms with Gasteiger partial charge in [0, 0.05) is 24.3 Å². The molecule has 0 aromatic heterocycles. The molecule has 0 bridgehead atoms. The molecule has 3 heteroatoms. The van der Waals surface area contributed by atoms with E-state index in [1.165, 1.54) is 12.0 Å². The molecule has 1 atom stereocenters.